The summed E-state index contributed by atoms with van der Waals surface area (Å²) in [5.74, 6) is 0.128. The van der Waals surface area contributed by atoms with E-state index in [9.17, 15) is 8.42 Å². The van der Waals surface area contributed by atoms with E-state index in [4.69, 9.17) is 0 Å². The number of rotatable bonds is 14. The van der Waals surface area contributed by atoms with E-state index in [1.807, 2.05) is 0 Å². The molecule has 5 heteroatoms. The molecule has 0 aromatic rings. The van der Waals surface area contributed by atoms with Gasteiger partial charge in [0.1, 0.15) is 0 Å². The van der Waals surface area contributed by atoms with Gasteiger partial charge in [-0.05, 0) is 12.8 Å². The number of hydrogen-bond acceptors (Lipinski definition) is 3. The topological polar surface area (TPSA) is 43.4 Å². The molecule has 21 heavy (non-hydrogen) atoms. The highest BCUT2D eigenvalue weighted by atomic mass is 32.2. The molecule has 0 heterocycles. The molecule has 4 nitrogen and oxygen atoms in total. The van der Waals surface area contributed by atoms with E-state index < -0.39 is 10.1 Å². The Morgan fingerprint density at radius 1 is 0.810 bits per heavy atom. The van der Waals surface area contributed by atoms with Gasteiger partial charge in [-0.25, -0.2) is 0 Å². The van der Waals surface area contributed by atoms with Crippen molar-refractivity contribution >= 4 is 10.1 Å². The van der Waals surface area contributed by atoms with Crippen molar-refractivity contribution in [3.8, 4) is 0 Å². The van der Waals surface area contributed by atoms with Gasteiger partial charge < -0.3 is 4.48 Å². The Morgan fingerprint density at radius 3 is 1.81 bits per heavy atom. The van der Waals surface area contributed by atoms with E-state index in [0.717, 1.165) is 17.6 Å². The van der Waals surface area contributed by atoms with Crippen molar-refractivity contribution in [2.45, 2.75) is 64.7 Å². The van der Waals surface area contributed by atoms with Gasteiger partial charge in [0.05, 0.1) is 40.0 Å². The average Bonchev–Trinajstić information content (AvgIpc) is 2.41. The van der Waals surface area contributed by atoms with Crippen molar-refractivity contribution in [3.05, 3.63) is 0 Å². The van der Waals surface area contributed by atoms with E-state index in [1.165, 1.54) is 58.5 Å². The van der Waals surface area contributed by atoms with Gasteiger partial charge in [-0.1, -0.05) is 45.4 Å². The lowest BCUT2D eigenvalue weighted by Gasteiger charge is -2.29. The molecular formula is C16H36NO3S+. The first-order chi connectivity index (χ1) is 9.83. The molecule has 0 aromatic heterocycles. The second-order valence-corrected chi connectivity index (χ2v) is 8.50. The fourth-order valence-corrected chi connectivity index (χ4v) is 3.19. The second kappa shape index (κ2) is 11.4. The smallest absolute Gasteiger partial charge is 0.267 e. The van der Waals surface area contributed by atoms with Crippen LogP contribution >= 0.6 is 0 Å². The Bertz CT molecular complexity index is 339. The summed E-state index contributed by atoms with van der Waals surface area (Å²) >= 11 is 0. The van der Waals surface area contributed by atoms with Gasteiger partial charge in [0.15, 0.2) is 0 Å². The van der Waals surface area contributed by atoms with Crippen molar-refractivity contribution in [2.75, 3.05) is 40.0 Å². The zero-order chi connectivity index (χ0) is 16.2. The average molecular weight is 323 g/mol. The third-order valence-electron chi connectivity index (χ3n) is 4.03. The summed E-state index contributed by atoms with van der Waals surface area (Å²) in [6.07, 6.45) is 11.3. The van der Waals surface area contributed by atoms with E-state index in [1.54, 1.807) is 0 Å². The zero-order valence-electron chi connectivity index (χ0n) is 14.6. The fourth-order valence-electron chi connectivity index (χ4n) is 2.54. The second-order valence-electron chi connectivity index (χ2n) is 6.64. The summed E-state index contributed by atoms with van der Waals surface area (Å²) in [5, 5.41) is 0. The molecule has 0 bridgehead atoms. The van der Waals surface area contributed by atoms with Crippen molar-refractivity contribution in [2.24, 2.45) is 0 Å². The first-order valence-corrected chi connectivity index (χ1v) is 10.0. The summed E-state index contributed by atoms with van der Waals surface area (Å²) < 4.78 is 27.9. The normalized spacial score (nSPS) is 12.8. The Hall–Kier alpha value is -0.130. The van der Waals surface area contributed by atoms with Gasteiger partial charge in [-0.3, -0.25) is 4.18 Å². The molecule has 0 aliphatic rings. The van der Waals surface area contributed by atoms with Gasteiger partial charge in [-0.2, -0.15) is 8.42 Å². The maximum absolute atomic E-state index is 11.3. The van der Waals surface area contributed by atoms with Crippen LogP contribution in [-0.2, 0) is 14.3 Å². The first-order valence-electron chi connectivity index (χ1n) is 8.43. The predicted octanol–water partition coefficient (Wildman–Crippen LogP) is 3.57. The van der Waals surface area contributed by atoms with Gasteiger partial charge in [0, 0.05) is 6.42 Å². The van der Waals surface area contributed by atoms with Gasteiger partial charge in [0.25, 0.3) is 10.1 Å². The highest BCUT2D eigenvalue weighted by Gasteiger charge is 2.17. The van der Waals surface area contributed by atoms with E-state index in [0.29, 0.717) is 6.42 Å². The van der Waals surface area contributed by atoms with E-state index in [-0.39, 0.29) is 5.75 Å². The summed E-state index contributed by atoms with van der Waals surface area (Å²) in [6, 6.07) is 0. The highest BCUT2D eigenvalue weighted by Crippen LogP contribution is 2.11. The monoisotopic (exact) mass is 322 g/mol. The highest BCUT2D eigenvalue weighted by molar-refractivity contribution is 7.86. The summed E-state index contributed by atoms with van der Waals surface area (Å²) in [4.78, 5) is 0. The molecule has 0 saturated heterocycles. The number of unbranched alkanes of at least 4 members (excludes halogenated alkanes) is 7. The van der Waals surface area contributed by atoms with Crippen molar-refractivity contribution in [1.29, 1.82) is 0 Å². The third kappa shape index (κ3) is 13.3. The van der Waals surface area contributed by atoms with Crippen LogP contribution in [0.1, 0.15) is 64.7 Å². The van der Waals surface area contributed by atoms with Crippen LogP contribution in [0.3, 0.4) is 0 Å². The molecule has 0 rings (SSSR count). The fraction of sp³-hybridized carbons (Fsp3) is 1.00. The van der Waals surface area contributed by atoms with Gasteiger partial charge >= 0.3 is 0 Å². The maximum Gasteiger partial charge on any atom is 0.267 e. The Labute approximate surface area is 132 Å². The molecule has 0 amide bonds. The molecule has 0 saturated carbocycles. The summed E-state index contributed by atoms with van der Waals surface area (Å²) in [6.45, 7) is 4.26. The Balaban J connectivity index is 3.59. The lowest BCUT2D eigenvalue weighted by Crippen LogP contribution is -2.41. The molecular weight excluding hydrogens is 286 g/mol. The van der Waals surface area contributed by atoms with Crippen LogP contribution in [0.2, 0.25) is 0 Å². The predicted molar refractivity (Wildman–Crippen MR) is 89.9 cm³/mol. The molecule has 0 atom stereocenters. The minimum atomic E-state index is -3.29. The van der Waals surface area contributed by atoms with Crippen molar-refractivity contribution in [3.63, 3.8) is 0 Å². The number of nitrogens with zero attached hydrogens (tertiary/aromatic N) is 1. The molecule has 128 valence electrons. The first kappa shape index (κ1) is 20.9. The molecule has 0 unspecified atom stereocenters. The van der Waals surface area contributed by atoms with Crippen LogP contribution in [0.15, 0.2) is 0 Å². The maximum atomic E-state index is 11.3. The van der Waals surface area contributed by atoms with Crippen LogP contribution < -0.4 is 0 Å². The molecule has 0 aromatic carbocycles. The van der Waals surface area contributed by atoms with Crippen molar-refractivity contribution < 1.29 is 17.1 Å². The van der Waals surface area contributed by atoms with Gasteiger partial charge in [-0.15, -0.1) is 0 Å². The minimum absolute atomic E-state index is 0.128. The molecule has 0 N–H and O–H groups in total. The lowest BCUT2D eigenvalue weighted by molar-refractivity contribution is -0.890. The minimum Gasteiger partial charge on any atom is -0.328 e. The van der Waals surface area contributed by atoms with Crippen LogP contribution in [0.4, 0.5) is 0 Å². The number of hydrogen-bond donors (Lipinski definition) is 0. The molecule has 0 radical (unpaired) electrons. The summed E-state index contributed by atoms with van der Waals surface area (Å²) in [5.41, 5.74) is 0. The summed E-state index contributed by atoms with van der Waals surface area (Å²) in [7, 11) is 2.30. The van der Waals surface area contributed by atoms with Crippen LogP contribution in [0.25, 0.3) is 0 Å². The standard InChI is InChI=1S/C16H36NO3S/c1-5-6-7-8-9-10-11-12-14-17(2,3)15-13-16-21(18,19)20-4/h5-16H2,1-4H3/q+1. The SMILES string of the molecule is CCCCCCCCCC[N+](C)(C)CCCS(=O)(=O)OC. The molecule has 0 aliphatic carbocycles. The number of quaternary nitrogens is 1. The largest absolute Gasteiger partial charge is 0.328 e. The van der Waals surface area contributed by atoms with Crippen molar-refractivity contribution in [1.82, 2.24) is 0 Å². The van der Waals surface area contributed by atoms with Gasteiger partial charge in [0.2, 0.25) is 0 Å². The van der Waals surface area contributed by atoms with Crippen LogP contribution in [-0.4, -0.2) is 52.9 Å². The van der Waals surface area contributed by atoms with Crippen LogP contribution in [0, 0.1) is 0 Å². The van der Waals surface area contributed by atoms with E-state index >= 15 is 0 Å². The van der Waals surface area contributed by atoms with E-state index in [2.05, 4.69) is 25.2 Å². The Morgan fingerprint density at radius 2 is 1.29 bits per heavy atom. The molecule has 0 aliphatic heterocycles. The third-order valence-corrected chi connectivity index (χ3v) is 5.33. The lowest BCUT2D eigenvalue weighted by atomic mass is 10.1. The Kier molecular flexibility index (Phi) is 11.4. The van der Waals surface area contributed by atoms with Crippen LogP contribution in [0.5, 0.6) is 0 Å². The zero-order valence-corrected chi connectivity index (χ0v) is 15.4. The molecule has 0 spiro atoms. The quantitative estimate of drug-likeness (QED) is 0.279. The molecule has 0 fully saturated rings.